The molecule has 3 aromatic rings. The molecule has 0 spiro atoms. The van der Waals surface area contributed by atoms with E-state index in [0.717, 1.165) is 47.8 Å². The smallest absolute Gasteiger partial charge is 0.140 e. The maximum atomic E-state index is 10.6. The highest BCUT2D eigenvalue weighted by Crippen LogP contribution is 2.33. The topological polar surface area (TPSA) is 67.1 Å². The lowest BCUT2D eigenvalue weighted by Gasteiger charge is -2.34. The number of aliphatic hydroxyl groups is 1. The molecule has 1 aliphatic heterocycles. The zero-order valence-corrected chi connectivity index (χ0v) is 13.8. The maximum Gasteiger partial charge on any atom is 0.140 e. The molecule has 0 aromatic carbocycles. The summed E-state index contributed by atoms with van der Waals surface area (Å²) < 4.78 is 1.90. The molecule has 0 radical (unpaired) electrons. The fourth-order valence-electron chi connectivity index (χ4n) is 3.33. The molecule has 3 aromatic heterocycles. The number of anilines is 1. The standard InChI is InChI=1S/C16H19N5OS/c1-20-8-5-17-15(20)13(22)11-2-6-21(7-3-11)14-12-4-9-23-16(12)19-10-18-14/h4-5,8-11,13,22H,2-3,6-7H2,1H3. The van der Waals surface area contributed by atoms with E-state index in [2.05, 4.69) is 31.3 Å². The van der Waals surface area contributed by atoms with Crippen LogP contribution >= 0.6 is 11.3 Å². The number of fused-ring (bicyclic) bond motifs is 1. The molecule has 0 bridgehead atoms. The lowest BCUT2D eigenvalue weighted by Crippen LogP contribution is -2.36. The van der Waals surface area contributed by atoms with Gasteiger partial charge in [-0.05, 0) is 30.2 Å². The second-order valence-corrected chi connectivity index (χ2v) is 6.90. The Morgan fingerprint density at radius 2 is 2.09 bits per heavy atom. The molecule has 0 amide bonds. The van der Waals surface area contributed by atoms with E-state index in [4.69, 9.17) is 0 Å². The van der Waals surface area contributed by atoms with Crippen molar-refractivity contribution in [1.82, 2.24) is 19.5 Å². The Hall–Kier alpha value is -1.99. The monoisotopic (exact) mass is 329 g/mol. The van der Waals surface area contributed by atoms with E-state index in [1.165, 1.54) is 0 Å². The Morgan fingerprint density at radius 1 is 1.26 bits per heavy atom. The molecule has 1 saturated heterocycles. The Labute approximate surface area is 138 Å². The normalized spacial score (nSPS) is 17.7. The molecule has 0 saturated carbocycles. The first-order valence-corrected chi connectivity index (χ1v) is 8.70. The summed E-state index contributed by atoms with van der Waals surface area (Å²) in [7, 11) is 1.93. The number of piperidine rings is 1. The van der Waals surface area contributed by atoms with Crippen LogP contribution < -0.4 is 4.90 Å². The number of aliphatic hydroxyl groups excluding tert-OH is 1. The van der Waals surface area contributed by atoms with Gasteiger partial charge in [0.15, 0.2) is 0 Å². The molecule has 1 unspecified atom stereocenters. The van der Waals surface area contributed by atoms with E-state index in [9.17, 15) is 5.11 Å². The predicted octanol–water partition coefficient (Wildman–Crippen LogP) is 2.37. The lowest BCUT2D eigenvalue weighted by atomic mass is 9.90. The minimum absolute atomic E-state index is 0.243. The van der Waals surface area contributed by atoms with Crippen molar-refractivity contribution >= 4 is 27.4 Å². The summed E-state index contributed by atoms with van der Waals surface area (Å²) in [4.78, 5) is 16.4. The minimum atomic E-state index is -0.497. The van der Waals surface area contributed by atoms with Crippen molar-refractivity contribution in [2.45, 2.75) is 18.9 Å². The predicted molar refractivity (Wildman–Crippen MR) is 90.5 cm³/mol. The van der Waals surface area contributed by atoms with Gasteiger partial charge in [-0.15, -0.1) is 11.3 Å². The lowest BCUT2D eigenvalue weighted by molar-refractivity contribution is 0.0824. The third-order valence-electron chi connectivity index (χ3n) is 4.65. The van der Waals surface area contributed by atoms with Gasteiger partial charge in [-0.1, -0.05) is 0 Å². The maximum absolute atomic E-state index is 10.6. The first kappa shape index (κ1) is 14.6. The molecule has 1 aliphatic rings. The highest BCUT2D eigenvalue weighted by Gasteiger charge is 2.29. The summed E-state index contributed by atoms with van der Waals surface area (Å²) >= 11 is 1.64. The summed E-state index contributed by atoms with van der Waals surface area (Å²) in [6, 6.07) is 2.09. The fraction of sp³-hybridized carbons (Fsp3) is 0.438. The van der Waals surface area contributed by atoms with Crippen LogP contribution in [0.4, 0.5) is 5.82 Å². The molecule has 4 heterocycles. The van der Waals surface area contributed by atoms with Crippen molar-refractivity contribution in [3.05, 3.63) is 36.0 Å². The van der Waals surface area contributed by atoms with E-state index in [0.29, 0.717) is 0 Å². The van der Waals surface area contributed by atoms with Crippen LogP contribution in [-0.4, -0.2) is 37.7 Å². The van der Waals surface area contributed by atoms with Crippen LogP contribution in [0.25, 0.3) is 10.2 Å². The quantitative estimate of drug-likeness (QED) is 0.799. The summed E-state index contributed by atoms with van der Waals surface area (Å²) in [5, 5.41) is 13.8. The highest BCUT2D eigenvalue weighted by atomic mass is 32.1. The summed E-state index contributed by atoms with van der Waals surface area (Å²) in [6.07, 6.45) is 6.63. The van der Waals surface area contributed by atoms with Gasteiger partial charge in [0, 0.05) is 32.5 Å². The van der Waals surface area contributed by atoms with Gasteiger partial charge in [-0.3, -0.25) is 0 Å². The largest absolute Gasteiger partial charge is 0.385 e. The molecule has 1 atom stereocenters. The van der Waals surface area contributed by atoms with Crippen LogP contribution in [0.2, 0.25) is 0 Å². The third-order valence-corrected chi connectivity index (χ3v) is 5.47. The second kappa shape index (κ2) is 5.90. The summed E-state index contributed by atoms with van der Waals surface area (Å²) in [6.45, 7) is 1.79. The van der Waals surface area contributed by atoms with Gasteiger partial charge < -0.3 is 14.6 Å². The fourth-order valence-corrected chi connectivity index (χ4v) is 4.06. The highest BCUT2D eigenvalue weighted by molar-refractivity contribution is 7.16. The van der Waals surface area contributed by atoms with Crippen LogP contribution in [0, 0.1) is 5.92 Å². The van der Waals surface area contributed by atoms with E-state index in [1.54, 1.807) is 23.9 Å². The minimum Gasteiger partial charge on any atom is -0.385 e. The number of aryl methyl sites for hydroxylation is 1. The number of hydrogen-bond donors (Lipinski definition) is 1. The van der Waals surface area contributed by atoms with Gasteiger partial charge in [0.25, 0.3) is 0 Å². The number of nitrogens with zero attached hydrogens (tertiary/aromatic N) is 5. The zero-order valence-electron chi connectivity index (χ0n) is 13.0. The average molecular weight is 329 g/mol. The van der Waals surface area contributed by atoms with Crippen molar-refractivity contribution in [1.29, 1.82) is 0 Å². The van der Waals surface area contributed by atoms with Gasteiger partial charge >= 0.3 is 0 Å². The summed E-state index contributed by atoms with van der Waals surface area (Å²) in [5.41, 5.74) is 0. The van der Waals surface area contributed by atoms with Crippen molar-refractivity contribution in [3.63, 3.8) is 0 Å². The molecular weight excluding hydrogens is 310 g/mol. The molecule has 4 rings (SSSR count). The van der Waals surface area contributed by atoms with E-state index in [1.807, 2.05) is 17.8 Å². The third kappa shape index (κ3) is 2.60. The Kier molecular flexibility index (Phi) is 3.74. The average Bonchev–Trinajstić information content (AvgIpc) is 3.22. The van der Waals surface area contributed by atoms with Gasteiger partial charge in [0.1, 0.15) is 28.9 Å². The van der Waals surface area contributed by atoms with E-state index < -0.39 is 6.10 Å². The second-order valence-electron chi connectivity index (χ2n) is 6.00. The van der Waals surface area contributed by atoms with E-state index in [-0.39, 0.29) is 5.92 Å². The van der Waals surface area contributed by atoms with E-state index >= 15 is 0 Å². The molecule has 6 nitrogen and oxygen atoms in total. The number of rotatable bonds is 3. The van der Waals surface area contributed by atoms with Crippen molar-refractivity contribution in [3.8, 4) is 0 Å². The Morgan fingerprint density at radius 3 is 2.83 bits per heavy atom. The molecule has 7 heteroatoms. The van der Waals surface area contributed by atoms with Crippen molar-refractivity contribution in [2.75, 3.05) is 18.0 Å². The van der Waals surface area contributed by atoms with Gasteiger partial charge in [0.2, 0.25) is 0 Å². The molecule has 1 fully saturated rings. The van der Waals surface area contributed by atoms with Crippen LogP contribution in [0.5, 0.6) is 0 Å². The van der Waals surface area contributed by atoms with Gasteiger partial charge in [-0.2, -0.15) is 0 Å². The number of hydrogen-bond acceptors (Lipinski definition) is 6. The van der Waals surface area contributed by atoms with Crippen LogP contribution in [0.3, 0.4) is 0 Å². The Bertz CT molecular complexity index is 806. The first-order valence-electron chi connectivity index (χ1n) is 7.82. The van der Waals surface area contributed by atoms with Gasteiger partial charge in [0.05, 0.1) is 5.39 Å². The first-order chi connectivity index (χ1) is 11.2. The van der Waals surface area contributed by atoms with Crippen molar-refractivity contribution in [2.24, 2.45) is 13.0 Å². The Balaban J connectivity index is 1.49. The molecule has 0 aliphatic carbocycles. The number of thiophene rings is 1. The van der Waals surface area contributed by atoms with Crippen LogP contribution in [0.1, 0.15) is 24.8 Å². The number of imidazole rings is 1. The summed E-state index contributed by atoms with van der Waals surface area (Å²) in [5.74, 6) is 2.01. The SMILES string of the molecule is Cn1ccnc1C(O)C1CCN(c2ncnc3sccc23)CC1. The molecular formula is C16H19N5OS. The van der Waals surface area contributed by atoms with Crippen molar-refractivity contribution < 1.29 is 5.11 Å². The number of aromatic nitrogens is 4. The molecule has 23 heavy (non-hydrogen) atoms. The zero-order chi connectivity index (χ0) is 15.8. The molecule has 1 N–H and O–H groups in total. The van der Waals surface area contributed by atoms with Crippen LogP contribution in [-0.2, 0) is 7.05 Å². The molecule has 120 valence electrons. The van der Waals surface area contributed by atoms with Crippen LogP contribution in [0.15, 0.2) is 30.2 Å². The van der Waals surface area contributed by atoms with Gasteiger partial charge in [-0.25, -0.2) is 15.0 Å².